The van der Waals surface area contributed by atoms with Crippen molar-refractivity contribution in [3.05, 3.63) is 124 Å². The van der Waals surface area contributed by atoms with Gasteiger partial charge in [-0.1, -0.05) is 134 Å². The molecule has 4 aromatic rings. The third-order valence-corrected chi connectivity index (χ3v) is 30.2. The summed E-state index contributed by atoms with van der Waals surface area (Å²) in [5.41, 5.74) is 5.49. The van der Waals surface area contributed by atoms with Crippen molar-refractivity contribution >= 4 is 81.9 Å². The first-order valence-electron chi connectivity index (χ1n) is 50.3. The molecule has 0 aromatic heterocycles. The normalized spacial score (nSPS) is 28.1. The molecule has 3 saturated carbocycles. The van der Waals surface area contributed by atoms with E-state index in [1.165, 1.54) is 12.5 Å². The molecule has 38 nitrogen and oxygen atoms in total. The average molecular weight is 1980 g/mol. The summed E-state index contributed by atoms with van der Waals surface area (Å²) in [7, 11) is 0. The lowest BCUT2D eigenvalue weighted by Crippen LogP contribution is -2.67. The molecule has 778 valence electrons. The number of aromatic hydroxyl groups is 1. The van der Waals surface area contributed by atoms with E-state index in [0.29, 0.717) is 95.0 Å². The number of aliphatic hydroxyl groups is 8. The Morgan fingerprint density at radius 3 is 1.82 bits per heavy atom. The molecule has 38 heteroatoms. The molecule has 2 unspecified atom stereocenters. The molecule has 5 aliphatic carbocycles. The van der Waals surface area contributed by atoms with Gasteiger partial charge in [-0.25, -0.2) is 0 Å². The summed E-state index contributed by atoms with van der Waals surface area (Å²) in [5.74, 6) is 5.15. The number of carbonyl (C=O) groups excluding carboxylic acids is 10. The topological polar surface area (TPSA) is 568 Å². The number of hydrazone groups is 1. The van der Waals surface area contributed by atoms with E-state index < -0.39 is 175 Å². The van der Waals surface area contributed by atoms with Crippen LogP contribution in [0.5, 0.6) is 5.75 Å². The summed E-state index contributed by atoms with van der Waals surface area (Å²) >= 11 is 0. The molecular formula is C104H146N12O26. The number of aliphatic hydroxyl groups excluding tert-OH is 8. The predicted octanol–water partition coefficient (Wildman–Crippen LogP) is 3.28. The predicted molar refractivity (Wildman–Crippen MR) is 522 cm³/mol. The second kappa shape index (κ2) is 51.4. The van der Waals surface area contributed by atoms with Gasteiger partial charge in [-0.15, -0.1) is 0 Å². The second-order valence-electron chi connectivity index (χ2n) is 40.1. The van der Waals surface area contributed by atoms with Crippen LogP contribution in [0.2, 0.25) is 0 Å². The van der Waals surface area contributed by atoms with E-state index in [1.54, 1.807) is 30.9 Å². The van der Waals surface area contributed by atoms with E-state index in [-0.39, 0.29) is 156 Å². The number of benzene rings is 4. The number of aryl methyl sites for hydroxylation is 2. The summed E-state index contributed by atoms with van der Waals surface area (Å²) in [4.78, 5) is 147. The van der Waals surface area contributed by atoms with E-state index >= 15 is 0 Å². The van der Waals surface area contributed by atoms with Gasteiger partial charge in [0.15, 0.2) is 6.23 Å². The number of imide groups is 1. The van der Waals surface area contributed by atoms with Crippen molar-refractivity contribution < 1.29 is 127 Å². The third kappa shape index (κ3) is 27.1. The molecule has 3 heterocycles. The van der Waals surface area contributed by atoms with Gasteiger partial charge in [0.1, 0.15) is 78.9 Å². The highest BCUT2D eigenvalue weighted by Crippen LogP contribution is 2.60. The van der Waals surface area contributed by atoms with Crippen molar-refractivity contribution in [1.29, 1.82) is 0 Å². The maximum Gasteiger partial charge on any atom is 0.249 e. The molecule has 0 bridgehead atoms. The maximum atomic E-state index is 15.0. The van der Waals surface area contributed by atoms with Crippen LogP contribution in [0, 0.1) is 46.3 Å². The van der Waals surface area contributed by atoms with Crippen LogP contribution in [0.15, 0.2) is 95.0 Å². The zero-order chi connectivity index (χ0) is 102. The Balaban J connectivity index is 0.597. The van der Waals surface area contributed by atoms with Gasteiger partial charge < -0.3 is 127 Å². The summed E-state index contributed by atoms with van der Waals surface area (Å²) in [6.07, 6.45) is -4.81. The molecule has 21 atom stereocenters. The summed E-state index contributed by atoms with van der Waals surface area (Å²) in [6.45, 7) is 12.3. The molecule has 0 spiro atoms. The van der Waals surface area contributed by atoms with E-state index in [9.17, 15) is 93.9 Å². The zero-order valence-corrected chi connectivity index (χ0v) is 82.5. The number of fused-ring (bicyclic) bond motifs is 8. The molecule has 5 fully saturated rings. The standard InChI is InChI=1S/C104H146N12O26/c1-61(2)86(97(133)108-62(3)94(130)111-74(57-117)96(132)109-68-33-29-64-31-35-79-101(4,70(64)54-68)40-18-42-103(79,6)99(134)114-100(135)104(7)43-19-41-102(5)71-55-69(120)34-30-65(71)32-36-80(102)104)113-95(131)73(110-82(122)39-46-136-48-50-138-52-53-139-51-49-137-47-45-107-81(121)37-38-84(124)116-56-67-22-14-13-20-63(67)27-28-66-21-15-16-25-75(66)116)24-11-9-17-44-106-83(123)60-140-76-26-12-8-10-23-72(87(76)115-105)112-98-92(129)89(126)85(77(58-118)142-98)93-91(128)90(127)88(125)78(59-119)141-93/h13-16,20-22,25,29-30,33-34,54-55,61-62,73-74,76-80,85-86,88-93,98,117-120,125-129H,8-12,17-19,23-24,26,31-32,35-53,56-60,105H2,1-7H3,(H,106,123)(H,107,121)(H,108,133)(H,109,132)(H,110,122)(H,111,130)(H,113,131)(H,114,134,135)/t62-,73+,74-,76?,77+,78+,79+,80+,85?,86-,88+,89-,90-,91+,92+,93+,98-,101+,102+,103-,104-/m0/s1. The first-order valence-corrected chi connectivity index (χ1v) is 50.3. The van der Waals surface area contributed by atoms with Crippen LogP contribution < -0.4 is 53.3 Å². The number of rotatable bonds is 44. The van der Waals surface area contributed by atoms with Crippen molar-refractivity contribution in [2.75, 3.05) is 103 Å². The van der Waals surface area contributed by atoms with Crippen LogP contribution in [0.4, 0.5) is 11.4 Å². The first kappa shape index (κ1) is 110. The number of hydrogen-bond donors (Lipinski definition) is 18. The number of unbranched alkanes of at least 4 members (excludes halogenated alkanes) is 2. The van der Waals surface area contributed by atoms with Crippen molar-refractivity contribution in [3.8, 4) is 17.6 Å². The minimum absolute atomic E-state index is 0.00217. The van der Waals surface area contributed by atoms with Crippen LogP contribution in [0.1, 0.15) is 216 Å². The third-order valence-electron chi connectivity index (χ3n) is 30.2. The number of aliphatic imine (C=N–C) groups is 1. The lowest BCUT2D eigenvalue weighted by atomic mass is 9.49. The lowest BCUT2D eigenvalue weighted by molar-refractivity contribution is -0.287. The molecular weight excluding hydrogens is 1830 g/mol. The van der Waals surface area contributed by atoms with Crippen LogP contribution in [0.3, 0.4) is 0 Å². The monoisotopic (exact) mass is 1980 g/mol. The Kier molecular flexibility index (Phi) is 40.0. The number of phenols is 1. The highest BCUT2D eigenvalue weighted by molar-refractivity contribution is 6.44. The van der Waals surface area contributed by atoms with Crippen molar-refractivity contribution in [2.24, 2.45) is 50.4 Å². The number of amides is 10. The van der Waals surface area contributed by atoms with Gasteiger partial charge in [0.2, 0.25) is 59.1 Å². The minimum atomic E-state index is -1.82. The average Bonchev–Trinajstić information content (AvgIpc) is 0.717. The van der Waals surface area contributed by atoms with Crippen LogP contribution in [0.25, 0.3) is 0 Å². The van der Waals surface area contributed by atoms with Crippen molar-refractivity contribution in [1.82, 2.24) is 37.2 Å². The van der Waals surface area contributed by atoms with E-state index in [2.05, 4.69) is 78.3 Å². The van der Waals surface area contributed by atoms with Gasteiger partial charge in [-0.2, -0.15) is 5.10 Å². The fraction of sp³-hybridized carbons (Fsp3) is 0.635. The Morgan fingerprint density at radius 1 is 0.542 bits per heavy atom. The first-order chi connectivity index (χ1) is 68.1. The fourth-order valence-corrected chi connectivity index (χ4v) is 22.2. The molecule has 2 saturated heterocycles. The summed E-state index contributed by atoms with van der Waals surface area (Å²) in [5, 5.41) is 123. The Morgan fingerprint density at radius 2 is 1.16 bits per heavy atom. The Hall–Kier alpha value is -10.3. The molecule has 19 N–H and O–H groups in total. The number of nitrogens with zero attached hydrogens (tertiary/aromatic N) is 3. The molecule has 0 radical (unpaired) electrons. The number of phenolic OH excluding ortho intramolecular Hbond substituents is 1. The zero-order valence-electron chi connectivity index (χ0n) is 82.5. The maximum absolute atomic E-state index is 15.0. The summed E-state index contributed by atoms with van der Waals surface area (Å²) in [6, 6.07) is 20.9. The summed E-state index contributed by atoms with van der Waals surface area (Å²) < 4.78 is 40.4. The van der Waals surface area contributed by atoms with Crippen LogP contribution >= 0.6 is 0 Å². The Bertz CT molecular complexity index is 5160. The number of ether oxygens (including phenoxy) is 7. The molecule has 142 heavy (non-hydrogen) atoms. The van der Waals surface area contributed by atoms with Crippen LogP contribution in [-0.4, -0.2) is 294 Å². The fourth-order valence-electron chi connectivity index (χ4n) is 22.2. The van der Waals surface area contributed by atoms with Crippen molar-refractivity contribution in [3.63, 3.8) is 0 Å². The highest BCUT2D eigenvalue weighted by Gasteiger charge is 2.60. The smallest absolute Gasteiger partial charge is 0.249 e. The van der Waals surface area contributed by atoms with Crippen LogP contribution in [-0.2, 0) is 111 Å². The van der Waals surface area contributed by atoms with Gasteiger partial charge in [0.25, 0.3) is 0 Å². The van der Waals surface area contributed by atoms with Gasteiger partial charge in [0.05, 0.1) is 120 Å². The quantitative estimate of drug-likeness (QED) is 0.00993. The van der Waals surface area contributed by atoms with E-state index in [4.69, 9.17) is 39.0 Å². The second-order valence-corrected chi connectivity index (χ2v) is 40.1. The molecule has 3 aliphatic heterocycles. The number of nitrogens with two attached hydrogens (primary N) is 1. The number of nitrogens with one attached hydrogen (secondary N) is 8. The van der Waals surface area contributed by atoms with E-state index in [1.807, 2.05) is 86.6 Å². The number of carbonyl (C=O) groups is 10. The van der Waals surface area contributed by atoms with E-state index in [0.717, 1.165) is 65.5 Å². The van der Waals surface area contributed by atoms with Gasteiger partial charge in [-0.05, 0) is 189 Å². The number of para-hydroxylation sites is 1. The molecule has 8 aliphatic rings. The number of anilines is 2. The van der Waals surface area contributed by atoms with Gasteiger partial charge in [0, 0.05) is 55.1 Å². The van der Waals surface area contributed by atoms with Gasteiger partial charge in [-0.3, -0.25) is 58.3 Å². The van der Waals surface area contributed by atoms with Gasteiger partial charge >= 0.3 is 0 Å². The lowest BCUT2D eigenvalue weighted by Gasteiger charge is -2.56. The largest absolute Gasteiger partial charge is 0.508 e. The molecule has 12 rings (SSSR count). The molecule has 10 amide bonds. The van der Waals surface area contributed by atoms with Crippen molar-refractivity contribution in [2.45, 2.75) is 292 Å². The number of hydrogen-bond acceptors (Lipinski definition) is 29. The SMILES string of the molecule is CC(C)[C@H](NC(=O)[C@@H](CCCCCNC(=O)COC1CCCCCC(=N[C@H]2O[C@H](CO)C([C@H]3O[C@H](CO)[C@@H](O)[C@H](O)[C@H]3O)[C@H](O)[C@H]2O)C1=NN)NC(=O)CCOCCOCCOCCOCCNC(=O)CCC(=O)N1Cc2ccccc2C#Cc2ccccc21)C(=O)N[C@@H](C)C(=O)N[C@@H](CO)C(=O)Nc1ccc2c(c1)[C@@]1(C)CCC[C@](C)(C(=O)NC(=O)[C@@]3(C)CCC[C@]4(C)c5cc(O)ccc5CC[C@@H]34)[C@@H]1CC2. The Labute approximate surface area is 829 Å². The minimum Gasteiger partial charge on any atom is -0.508 e. The molecule has 4 aromatic carbocycles. The highest BCUT2D eigenvalue weighted by atomic mass is 16.6.